The average Bonchev–Trinajstić information content (AvgIpc) is 2.46. The summed E-state index contributed by atoms with van der Waals surface area (Å²) in [7, 11) is 0. The third-order valence-corrected chi connectivity index (χ3v) is 2.78. The van der Waals surface area contributed by atoms with Crippen LogP contribution in [0.3, 0.4) is 0 Å². The van der Waals surface area contributed by atoms with Crippen molar-refractivity contribution in [2.75, 3.05) is 6.61 Å². The zero-order valence-electron chi connectivity index (χ0n) is 12.3. The third kappa shape index (κ3) is 6.06. The van der Waals surface area contributed by atoms with Gasteiger partial charge in [0.05, 0.1) is 6.61 Å². The molecular weight excluding hydrogens is 264 g/mol. The molecule has 2 N–H and O–H groups in total. The van der Waals surface area contributed by atoms with E-state index in [1.807, 2.05) is 6.08 Å². The predicted octanol–water partition coefficient (Wildman–Crippen LogP) is 3.76. The van der Waals surface area contributed by atoms with Crippen molar-refractivity contribution in [1.82, 2.24) is 0 Å². The Hall–Kier alpha value is -2.39. The Balaban J connectivity index is 0.000000491. The molecule has 3 nitrogen and oxygen atoms in total. The Morgan fingerprint density at radius 2 is 1.67 bits per heavy atom. The second-order valence-corrected chi connectivity index (χ2v) is 4.54. The normalized spacial score (nSPS) is 10.0. The van der Waals surface area contributed by atoms with E-state index < -0.39 is 5.97 Å². The van der Waals surface area contributed by atoms with Crippen molar-refractivity contribution < 1.29 is 15.0 Å². The number of hydrogen-bond donors (Lipinski definition) is 2. The number of hydrogen-bond acceptors (Lipinski definition) is 2. The smallest absolute Gasteiger partial charge is 0.300 e. The van der Waals surface area contributed by atoms with Crippen molar-refractivity contribution in [1.29, 1.82) is 0 Å². The van der Waals surface area contributed by atoms with Crippen molar-refractivity contribution in [2.24, 2.45) is 0 Å². The van der Waals surface area contributed by atoms with Crippen LogP contribution in [0.5, 0.6) is 0 Å². The molecule has 21 heavy (non-hydrogen) atoms. The lowest BCUT2D eigenvalue weighted by Gasteiger charge is -2.05. The fraction of sp³-hybridized carbons (Fsp3) is 0.167. The number of benzene rings is 2. The van der Waals surface area contributed by atoms with E-state index in [4.69, 9.17) is 15.0 Å². The van der Waals surface area contributed by atoms with Gasteiger partial charge in [-0.3, -0.25) is 4.79 Å². The van der Waals surface area contributed by atoms with E-state index in [-0.39, 0.29) is 6.61 Å². The minimum absolute atomic E-state index is 0.0829. The van der Waals surface area contributed by atoms with Gasteiger partial charge in [0.15, 0.2) is 0 Å². The first-order chi connectivity index (χ1) is 10.0. The summed E-state index contributed by atoms with van der Waals surface area (Å²) < 4.78 is 0. The van der Waals surface area contributed by atoms with Crippen LogP contribution in [0.1, 0.15) is 18.1 Å². The van der Waals surface area contributed by atoms with Gasteiger partial charge in [-0.1, -0.05) is 60.7 Å². The van der Waals surface area contributed by atoms with Gasteiger partial charge in [0, 0.05) is 6.92 Å². The Bertz CT molecular complexity index is 594. The highest BCUT2D eigenvalue weighted by molar-refractivity contribution is 5.68. The van der Waals surface area contributed by atoms with Crippen LogP contribution in [0.15, 0.2) is 54.6 Å². The number of aliphatic hydroxyl groups is 1. The molecule has 0 saturated carbocycles. The number of aliphatic hydroxyl groups excluding tert-OH is 1. The number of carboxylic acids is 1. The maximum Gasteiger partial charge on any atom is 0.300 e. The zero-order valence-corrected chi connectivity index (χ0v) is 12.3. The van der Waals surface area contributed by atoms with Gasteiger partial charge >= 0.3 is 0 Å². The molecule has 0 spiro atoms. The van der Waals surface area contributed by atoms with E-state index in [1.165, 1.54) is 16.7 Å². The van der Waals surface area contributed by atoms with Gasteiger partial charge in [0.25, 0.3) is 5.97 Å². The van der Waals surface area contributed by atoms with E-state index >= 15 is 0 Å². The highest BCUT2D eigenvalue weighted by Crippen LogP contribution is 2.23. The van der Waals surface area contributed by atoms with Crippen molar-refractivity contribution in [3.63, 3.8) is 0 Å². The largest absolute Gasteiger partial charge is 0.481 e. The Kier molecular flexibility index (Phi) is 6.92. The van der Waals surface area contributed by atoms with Crippen LogP contribution >= 0.6 is 0 Å². The first-order valence-corrected chi connectivity index (χ1v) is 6.67. The SMILES string of the molecule is CC(=O)O.Cc1ccccc1-c1ccc(C=CCO)cc1. The second kappa shape index (κ2) is 8.72. The molecule has 0 amide bonds. The summed E-state index contributed by atoms with van der Waals surface area (Å²) in [6, 6.07) is 16.7. The topological polar surface area (TPSA) is 57.5 Å². The lowest BCUT2D eigenvalue weighted by atomic mass is 9.99. The maximum absolute atomic E-state index is 9.00. The molecule has 0 fully saturated rings. The van der Waals surface area contributed by atoms with Crippen molar-refractivity contribution in [3.8, 4) is 11.1 Å². The first kappa shape index (κ1) is 16.7. The molecule has 0 aliphatic carbocycles. The highest BCUT2D eigenvalue weighted by Gasteiger charge is 1.99. The van der Waals surface area contributed by atoms with Gasteiger partial charge < -0.3 is 10.2 Å². The van der Waals surface area contributed by atoms with E-state index in [9.17, 15) is 0 Å². The molecule has 0 heterocycles. The van der Waals surface area contributed by atoms with Gasteiger partial charge in [-0.2, -0.15) is 0 Å². The van der Waals surface area contributed by atoms with Crippen LogP contribution < -0.4 is 0 Å². The summed E-state index contributed by atoms with van der Waals surface area (Å²) in [5.74, 6) is -0.833. The van der Waals surface area contributed by atoms with Crippen molar-refractivity contribution in [2.45, 2.75) is 13.8 Å². The summed E-state index contributed by atoms with van der Waals surface area (Å²) in [5.41, 5.74) is 4.89. The van der Waals surface area contributed by atoms with Crippen molar-refractivity contribution >= 4 is 12.0 Å². The van der Waals surface area contributed by atoms with Crippen LogP contribution in [0.25, 0.3) is 17.2 Å². The van der Waals surface area contributed by atoms with Crippen LogP contribution in [0, 0.1) is 6.92 Å². The molecule has 0 atom stereocenters. The van der Waals surface area contributed by atoms with E-state index in [0.717, 1.165) is 12.5 Å². The third-order valence-electron chi connectivity index (χ3n) is 2.78. The number of aryl methyl sites for hydroxylation is 1. The second-order valence-electron chi connectivity index (χ2n) is 4.54. The standard InChI is InChI=1S/C16H16O.C2H4O2/c1-13-5-2-3-7-16(13)15-10-8-14(9-11-15)6-4-12-17;1-2(3)4/h2-11,17H,12H2,1H3;1H3,(H,3,4). The number of aliphatic carboxylic acids is 1. The summed E-state index contributed by atoms with van der Waals surface area (Å²) in [6.45, 7) is 3.29. The minimum atomic E-state index is -0.833. The van der Waals surface area contributed by atoms with Gasteiger partial charge in [-0.15, -0.1) is 0 Å². The van der Waals surface area contributed by atoms with Gasteiger partial charge in [0.2, 0.25) is 0 Å². The van der Waals surface area contributed by atoms with Gasteiger partial charge in [-0.05, 0) is 29.2 Å². The summed E-state index contributed by atoms with van der Waals surface area (Å²) in [5, 5.41) is 16.1. The summed E-state index contributed by atoms with van der Waals surface area (Å²) >= 11 is 0. The Morgan fingerprint density at radius 3 is 2.19 bits per heavy atom. The lowest BCUT2D eigenvalue weighted by Crippen LogP contribution is -1.82. The predicted molar refractivity (Wildman–Crippen MR) is 86.0 cm³/mol. The van der Waals surface area contributed by atoms with Gasteiger partial charge in [0.1, 0.15) is 0 Å². The molecule has 2 aromatic carbocycles. The molecule has 0 aromatic heterocycles. The maximum atomic E-state index is 9.00. The summed E-state index contributed by atoms with van der Waals surface area (Å²) in [4.78, 5) is 9.00. The van der Waals surface area contributed by atoms with Crippen molar-refractivity contribution in [3.05, 3.63) is 65.7 Å². The van der Waals surface area contributed by atoms with Crippen LogP contribution in [0.4, 0.5) is 0 Å². The molecule has 0 bridgehead atoms. The first-order valence-electron chi connectivity index (χ1n) is 6.67. The molecule has 0 aliphatic heterocycles. The number of rotatable bonds is 3. The molecule has 0 unspecified atom stereocenters. The molecule has 0 saturated heterocycles. The van der Waals surface area contributed by atoms with Crippen LogP contribution in [0.2, 0.25) is 0 Å². The number of carbonyl (C=O) groups is 1. The zero-order chi connectivity index (χ0) is 15.7. The molecule has 0 radical (unpaired) electrons. The molecular formula is C18H20O3. The fourth-order valence-corrected chi connectivity index (χ4v) is 1.86. The van der Waals surface area contributed by atoms with E-state index in [2.05, 4.69) is 55.5 Å². The fourth-order valence-electron chi connectivity index (χ4n) is 1.86. The molecule has 110 valence electrons. The monoisotopic (exact) mass is 284 g/mol. The van der Waals surface area contributed by atoms with E-state index in [1.54, 1.807) is 6.08 Å². The number of carboxylic acid groups (broad SMARTS) is 1. The average molecular weight is 284 g/mol. The molecule has 2 aromatic rings. The Morgan fingerprint density at radius 1 is 1.10 bits per heavy atom. The van der Waals surface area contributed by atoms with Crippen LogP contribution in [-0.4, -0.2) is 22.8 Å². The minimum Gasteiger partial charge on any atom is -0.481 e. The van der Waals surface area contributed by atoms with E-state index in [0.29, 0.717) is 0 Å². The van der Waals surface area contributed by atoms with Gasteiger partial charge in [-0.25, -0.2) is 0 Å². The molecule has 3 heteroatoms. The molecule has 2 rings (SSSR count). The highest BCUT2D eigenvalue weighted by atomic mass is 16.4. The van der Waals surface area contributed by atoms with Crippen LogP contribution in [-0.2, 0) is 4.79 Å². The molecule has 0 aliphatic rings. The quantitative estimate of drug-likeness (QED) is 0.902. The lowest BCUT2D eigenvalue weighted by molar-refractivity contribution is -0.134. The summed E-state index contributed by atoms with van der Waals surface area (Å²) in [6.07, 6.45) is 3.66. The Labute approximate surface area is 125 Å².